The summed E-state index contributed by atoms with van der Waals surface area (Å²) >= 11 is 0. The van der Waals surface area contributed by atoms with E-state index in [-0.39, 0.29) is 17.3 Å². The van der Waals surface area contributed by atoms with Crippen LogP contribution in [-0.2, 0) is 16.6 Å². The van der Waals surface area contributed by atoms with E-state index < -0.39 is 15.6 Å². The topological polar surface area (TPSA) is 37.4 Å². The predicted octanol–water partition coefficient (Wildman–Crippen LogP) is 4.12. The summed E-state index contributed by atoms with van der Waals surface area (Å²) in [6, 6.07) is 12.7. The van der Waals surface area contributed by atoms with Crippen LogP contribution in [0.4, 0.5) is 4.39 Å². The number of aryl methyl sites for hydroxylation is 1. The SMILES string of the molecule is Cc1ccc(S(=O)(=O)N(Cc2ccc(F)cc2)C(C)(C)C)cc1. The Balaban J connectivity index is 2.42. The molecule has 0 unspecified atom stereocenters. The highest BCUT2D eigenvalue weighted by molar-refractivity contribution is 7.89. The lowest BCUT2D eigenvalue weighted by atomic mass is 10.1. The lowest BCUT2D eigenvalue weighted by Crippen LogP contribution is -2.44. The fourth-order valence-electron chi connectivity index (χ4n) is 2.28. The lowest BCUT2D eigenvalue weighted by Gasteiger charge is -2.34. The third kappa shape index (κ3) is 4.18. The van der Waals surface area contributed by atoms with Crippen molar-refractivity contribution >= 4 is 10.0 Å². The molecular formula is C18H22FNO2S. The molecule has 124 valence electrons. The Bertz CT molecular complexity index is 760. The number of benzene rings is 2. The van der Waals surface area contributed by atoms with Gasteiger partial charge in [0.2, 0.25) is 10.0 Å². The van der Waals surface area contributed by atoms with Gasteiger partial charge in [0.15, 0.2) is 0 Å². The normalized spacial score (nSPS) is 12.6. The Kier molecular flexibility index (Phi) is 4.92. The van der Waals surface area contributed by atoms with E-state index in [0.717, 1.165) is 11.1 Å². The molecule has 0 N–H and O–H groups in total. The summed E-state index contributed by atoms with van der Waals surface area (Å²) in [4.78, 5) is 0.264. The summed E-state index contributed by atoms with van der Waals surface area (Å²) in [6.45, 7) is 7.66. The molecule has 0 atom stereocenters. The van der Waals surface area contributed by atoms with Gasteiger partial charge in [-0.15, -0.1) is 0 Å². The Hall–Kier alpha value is -1.72. The quantitative estimate of drug-likeness (QED) is 0.843. The van der Waals surface area contributed by atoms with Crippen molar-refractivity contribution in [1.82, 2.24) is 4.31 Å². The number of nitrogens with zero attached hydrogens (tertiary/aromatic N) is 1. The van der Waals surface area contributed by atoms with Crippen LogP contribution in [0.1, 0.15) is 31.9 Å². The smallest absolute Gasteiger partial charge is 0.207 e. The molecule has 2 aromatic rings. The summed E-state index contributed by atoms with van der Waals surface area (Å²) in [5, 5.41) is 0. The van der Waals surface area contributed by atoms with Crippen LogP contribution < -0.4 is 0 Å². The number of hydrogen-bond donors (Lipinski definition) is 0. The van der Waals surface area contributed by atoms with Gasteiger partial charge >= 0.3 is 0 Å². The molecule has 0 saturated heterocycles. The molecule has 0 aromatic heterocycles. The van der Waals surface area contributed by atoms with Crippen LogP contribution in [0.15, 0.2) is 53.4 Å². The average Bonchev–Trinajstić information content (AvgIpc) is 2.45. The van der Waals surface area contributed by atoms with Crippen molar-refractivity contribution in [2.75, 3.05) is 0 Å². The predicted molar refractivity (Wildman–Crippen MR) is 90.1 cm³/mol. The van der Waals surface area contributed by atoms with Crippen molar-refractivity contribution in [3.05, 3.63) is 65.5 Å². The minimum absolute atomic E-state index is 0.194. The van der Waals surface area contributed by atoms with Crippen LogP contribution in [0.25, 0.3) is 0 Å². The van der Waals surface area contributed by atoms with Crippen LogP contribution in [0.5, 0.6) is 0 Å². The minimum Gasteiger partial charge on any atom is -0.207 e. The monoisotopic (exact) mass is 335 g/mol. The van der Waals surface area contributed by atoms with E-state index in [1.807, 2.05) is 27.7 Å². The molecule has 3 nitrogen and oxygen atoms in total. The Morgan fingerprint density at radius 1 is 0.957 bits per heavy atom. The zero-order chi connectivity index (χ0) is 17.3. The molecule has 5 heteroatoms. The maximum Gasteiger partial charge on any atom is 0.243 e. The minimum atomic E-state index is -3.64. The maximum atomic E-state index is 13.1. The van der Waals surface area contributed by atoms with Crippen molar-refractivity contribution in [2.45, 2.75) is 44.7 Å². The van der Waals surface area contributed by atoms with Gasteiger partial charge in [-0.05, 0) is 57.5 Å². The van der Waals surface area contributed by atoms with Crippen molar-refractivity contribution in [1.29, 1.82) is 0 Å². The van der Waals surface area contributed by atoms with E-state index in [0.29, 0.717) is 0 Å². The zero-order valence-corrected chi connectivity index (χ0v) is 14.7. The first kappa shape index (κ1) is 17.6. The first-order valence-electron chi connectivity index (χ1n) is 7.45. The van der Waals surface area contributed by atoms with Crippen LogP contribution in [0.2, 0.25) is 0 Å². The van der Waals surface area contributed by atoms with E-state index in [4.69, 9.17) is 0 Å². The van der Waals surface area contributed by atoms with E-state index in [9.17, 15) is 12.8 Å². The van der Waals surface area contributed by atoms with Crippen LogP contribution in [0, 0.1) is 12.7 Å². The number of halogens is 1. The molecule has 23 heavy (non-hydrogen) atoms. The second kappa shape index (κ2) is 6.42. The Morgan fingerprint density at radius 2 is 1.48 bits per heavy atom. The number of sulfonamides is 1. The van der Waals surface area contributed by atoms with Crippen LogP contribution in [-0.4, -0.2) is 18.3 Å². The Morgan fingerprint density at radius 3 is 1.96 bits per heavy atom. The molecule has 0 heterocycles. The first-order chi connectivity index (χ1) is 10.6. The molecule has 2 aromatic carbocycles. The molecule has 0 amide bonds. The number of hydrogen-bond acceptors (Lipinski definition) is 2. The molecule has 0 aliphatic carbocycles. The first-order valence-corrected chi connectivity index (χ1v) is 8.89. The van der Waals surface area contributed by atoms with Gasteiger partial charge in [-0.2, -0.15) is 4.31 Å². The van der Waals surface area contributed by atoms with Crippen molar-refractivity contribution < 1.29 is 12.8 Å². The van der Waals surface area contributed by atoms with Gasteiger partial charge in [-0.3, -0.25) is 0 Å². The molecular weight excluding hydrogens is 313 g/mol. The lowest BCUT2D eigenvalue weighted by molar-refractivity contribution is 0.242. The number of rotatable bonds is 4. The van der Waals surface area contributed by atoms with Crippen molar-refractivity contribution in [3.63, 3.8) is 0 Å². The van der Waals surface area contributed by atoms with E-state index >= 15 is 0 Å². The molecule has 0 aliphatic heterocycles. The molecule has 0 bridgehead atoms. The largest absolute Gasteiger partial charge is 0.243 e. The average molecular weight is 335 g/mol. The summed E-state index contributed by atoms with van der Waals surface area (Å²) in [7, 11) is -3.64. The van der Waals surface area contributed by atoms with Gasteiger partial charge in [0, 0.05) is 12.1 Å². The Labute approximate surface area is 137 Å². The standard InChI is InChI=1S/C18H22FNO2S/c1-14-5-11-17(12-6-14)23(21,22)20(18(2,3)4)13-15-7-9-16(19)10-8-15/h5-12H,13H2,1-4H3. The highest BCUT2D eigenvalue weighted by atomic mass is 32.2. The van der Waals surface area contributed by atoms with E-state index in [1.165, 1.54) is 16.4 Å². The molecule has 2 rings (SSSR count). The summed E-state index contributed by atoms with van der Waals surface area (Å²) < 4.78 is 40.5. The van der Waals surface area contributed by atoms with Gasteiger partial charge < -0.3 is 0 Å². The van der Waals surface area contributed by atoms with Crippen molar-refractivity contribution in [2.24, 2.45) is 0 Å². The van der Waals surface area contributed by atoms with Gasteiger partial charge in [-0.1, -0.05) is 29.8 Å². The van der Waals surface area contributed by atoms with E-state index in [2.05, 4.69) is 0 Å². The zero-order valence-electron chi connectivity index (χ0n) is 13.9. The second-order valence-corrected chi connectivity index (χ2v) is 8.48. The molecule has 0 fully saturated rings. The maximum absolute atomic E-state index is 13.1. The highest BCUT2D eigenvalue weighted by Crippen LogP contribution is 2.27. The van der Waals surface area contributed by atoms with Crippen molar-refractivity contribution in [3.8, 4) is 0 Å². The molecule has 0 radical (unpaired) electrons. The third-order valence-corrected chi connectivity index (χ3v) is 5.72. The van der Waals surface area contributed by atoms with Gasteiger partial charge in [0.25, 0.3) is 0 Å². The molecule has 0 aliphatic rings. The molecule has 0 saturated carbocycles. The van der Waals surface area contributed by atoms with Gasteiger partial charge in [0.05, 0.1) is 4.90 Å². The van der Waals surface area contributed by atoms with Crippen LogP contribution in [0.3, 0.4) is 0 Å². The summed E-state index contributed by atoms with van der Waals surface area (Å²) in [6.07, 6.45) is 0. The summed E-state index contributed by atoms with van der Waals surface area (Å²) in [5.41, 5.74) is 1.15. The van der Waals surface area contributed by atoms with Gasteiger partial charge in [-0.25, -0.2) is 12.8 Å². The fraction of sp³-hybridized carbons (Fsp3) is 0.333. The van der Waals surface area contributed by atoms with Crippen LogP contribution >= 0.6 is 0 Å². The summed E-state index contributed by atoms with van der Waals surface area (Å²) in [5.74, 6) is -0.336. The fourth-order valence-corrected chi connectivity index (χ4v) is 4.05. The highest BCUT2D eigenvalue weighted by Gasteiger charge is 2.33. The molecule has 0 spiro atoms. The van der Waals surface area contributed by atoms with E-state index in [1.54, 1.807) is 36.4 Å². The third-order valence-electron chi connectivity index (χ3n) is 3.60. The van der Waals surface area contributed by atoms with Gasteiger partial charge in [0.1, 0.15) is 5.82 Å². The second-order valence-electron chi connectivity index (χ2n) is 6.62.